The number of ether oxygens (including phenoxy) is 2. The molecule has 1 unspecified atom stereocenters. The predicted molar refractivity (Wildman–Crippen MR) is 58.2 cm³/mol. The molecule has 3 N–H and O–H groups in total. The van der Waals surface area contributed by atoms with Gasteiger partial charge in [-0.15, -0.1) is 0 Å². The molecule has 0 aliphatic carbocycles. The van der Waals surface area contributed by atoms with Crippen LogP contribution in [-0.4, -0.2) is 38.5 Å². The number of nitrogens with one attached hydrogen (secondary N) is 1. The summed E-state index contributed by atoms with van der Waals surface area (Å²) in [5.74, 6) is -0.271. The average molecular weight is 218 g/mol. The van der Waals surface area contributed by atoms with Crippen LogP contribution in [0.1, 0.15) is 20.8 Å². The number of carbonyl (C=O) groups is 1. The molecule has 0 rings (SSSR count). The molecule has 0 radical (unpaired) electrons. The van der Waals surface area contributed by atoms with E-state index in [4.69, 9.17) is 15.2 Å². The van der Waals surface area contributed by atoms with Gasteiger partial charge in [0.2, 0.25) is 5.91 Å². The SMILES string of the molecule is COC(CNC(C)(C(N)=O)C(C)C)OC. The molecular weight excluding hydrogens is 196 g/mol. The van der Waals surface area contributed by atoms with Crippen LogP contribution in [0, 0.1) is 5.92 Å². The van der Waals surface area contributed by atoms with E-state index in [1.165, 1.54) is 0 Å². The van der Waals surface area contributed by atoms with E-state index in [1.807, 2.05) is 13.8 Å². The Balaban J connectivity index is 4.37. The van der Waals surface area contributed by atoms with Gasteiger partial charge in [0.1, 0.15) is 0 Å². The van der Waals surface area contributed by atoms with Gasteiger partial charge in [-0.2, -0.15) is 0 Å². The number of primary amides is 1. The summed E-state index contributed by atoms with van der Waals surface area (Å²) >= 11 is 0. The molecule has 15 heavy (non-hydrogen) atoms. The van der Waals surface area contributed by atoms with E-state index in [0.29, 0.717) is 6.54 Å². The number of hydrogen-bond donors (Lipinski definition) is 2. The Labute approximate surface area is 91.3 Å². The molecule has 0 heterocycles. The zero-order chi connectivity index (χ0) is 12.1. The van der Waals surface area contributed by atoms with E-state index in [0.717, 1.165) is 0 Å². The molecule has 0 aliphatic rings. The Bertz CT molecular complexity index is 205. The second kappa shape index (κ2) is 6.05. The third kappa shape index (κ3) is 3.77. The lowest BCUT2D eigenvalue weighted by atomic mass is 9.87. The van der Waals surface area contributed by atoms with Gasteiger partial charge < -0.3 is 15.2 Å². The number of nitrogens with two attached hydrogens (primary N) is 1. The first-order valence-corrected chi connectivity index (χ1v) is 4.99. The van der Waals surface area contributed by atoms with Gasteiger partial charge in [0.15, 0.2) is 6.29 Å². The van der Waals surface area contributed by atoms with Gasteiger partial charge >= 0.3 is 0 Å². The molecule has 0 aromatic rings. The molecule has 1 amide bonds. The van der Waals surface area contributed by atoms with Crippen molar-refractivity contribution in [3.63, 3.8) is 0 Å². The first-order valence-electron chi connectivity index (χ1n) is 4.99. The van der Waals surface area contributed by atoms with Crippen LogP contribution in [0.5, 0.6) is 0 Å². The fourth-order valence-corrected chi connectivity index (χ4v) is 1.13. The number of methoxy groups -OCH3 is 2. The molecule has 0 aromatic heterocycles. The maximum Gasteiger partial charge on any atom is 0.237 e. The van der Waals surface area contributed by atoms with Crippen molar-refractivity contribution < 1.29 is 14.3 Å². The minimum Gasteiger partial charge on any atom is -0.368 e. The Morgan fingerprint density at radius 3 is 2.13 bits per heavy atom. The van der Waals surface area contributed by atoms with Crippen molar-refractivity contribution in [1.29, 1.82) is 0 Å². The fraction of sp³-hybridized carbons (Fsp3) is 0.900. The molecule has 0 aromatic carbocycles. The van der Waals surface area contributed by atoms with Gasteiger partial charge in [0, 0.05) is 20.8 Å². The topological polar surface area (TPSA) is 73.6 Å². The summed E-state index contributed by atoms with van der Waals surface area (Å²) in [4.78, 5) is 11.3. The first kappa shape index (κ1) is 14.3. The van der Waals surface area contributed by atoms with E-state index in [-0.39, 0.29) is 18.1 Å². The van der Waals surface area contributed by atoms with Crippen LogP contribution in [0.25, 0.3) is 0 Å². The highest BCUT2D eigenvalue weighted by Crippen LogP contribution is 2.15. The predicted octanol–water partition coefficient (Wildman–Crippen LogP) is 0.0949. The highest BCUT2D eigenvalue weighted by atomic mass is 16.7. The Morgan fingerprint density at radius 1 is 1.40 bits per heavy atom. The van der Waals surface area contributed by atoms with Crippen molar-refractivity contribution in [2.24, 2.45) is 11.7 Å². The zero-order valence-electron chi connectivity index (χ0n) is 10.2. The Hall–Kier alpha value is -0.650. The molecule has 0 spiro atoms. The van der Waals surface area contributed by atoms with Gasteiger partial charge in [-0.1, -0.05) is 13.8 Å². The lowest BCUT2D eigenvalue weighted by Crippen LogP contribution is -2.58. The summed E-state index contributed by atoms with van der Waals surface area (Å²) in [7, 11) is 3.10. The van der Waals surface area contributed by atoms with Crippen molar-refractivity contribution in [2.75, 3.05) is 20.8 Å². The van der Waals surface area contributed by atoms with Crippen molar-refractivity contribution >= 4 is 5.91 Å². The minimum absolute atomic E-state index is 0.101. The molecule has 0 fully saturated rings. The maximum absolute atomic E-state index is 11.3. The first-order chi connectivity index (χ1) is 6.88. The largest absolute Gasteiger partial charge is 0.368 e. The molecule has 0 bridgehead atoms. The van der Waals surface area contributed by atoms with E-state index in [9.17, 15) is 4.79 Å². The normalized spacial score (nSPS) is 15.7. The molecule has 1 atom stereocenters. The lowest BCUT2D eigenvalue weighted by molar-refractivity contribution is -0.128. The molecular formula is C10H22N2O3. The number of hydrogen-bond acceptors (Lipinski definition) is 4. The third-order valence-electron chi connectivity index (χ3n) is 2.83. The van der Waals surface area contributed by atoms with Gasteiger partial charge in [-0.3, -0.25) is 10.1 Å². The highest BCUT2D eigenvalue weighted by molar-refractivity contribution is 5.84. The Morgan fingerprint density at radius 2 is 1.87 bits per heavy atom. The molecule has 0 aliphatic heterocycles. The second-order valence-electron chi connectivity index (χ2n) is 4.00. The Kier molecular flexibility index (Phi) is 5.79. The van der Waals surface area contributed by atoms with Crippen LogP contribution in [0.4, 0.5) is 0 Å². The number of amides is 1. The summed E-state index contributed by atoms with van der Waals surface area (Å²) in [5.41, 5.74) is 4.62. The summed E-state index contributed by atoms with van der Waals surface area (Å²) in [6.45, 7) is 6.08. The average Bonchev–Trinajstić information content (AvgIpc) is 2.18. The minimum atomic E-state index is -0.741. The summed E-state index contributed by atoms with van der Waals surface area (Å²) < 4.78 is 10.0. The quantitative estimate of drug-likeness (QED) is 0.594. The molecule has 5 heteroatoms. The van der Waals surface area contributed by atoms with Gasteiger partial charge in [0.05, 0.1) is 5.54 Å². The molecule has 90 valence electrons. The molecule has 0 saturated heterocycles. The monoisotopic (exact) mass is 218 g/mol. The van der Waals surface area contributed by atoms with Crippen molar-refractivity contribution in [3.05, 3.63) is 0 Å². The van der Waals surface area contributed by atoms with E-state index in [1.54, 1.807) is 21.1 Å². The smallest absolute Gasteiger partial charge is 0.237 e. The van der Waals surface area contributed by atoms with Crippen LogP contribution in [0.15, 0.2) is 0 Å². The third-order valence-corrected chi connectivity index (χ3v) is 2.83. The van der Waals surface area contributed by atoms with Gasteiger partial charge in [0.25, 0.3) is 0 Å². The van der Waals surface area contributed by atoms with E-state index >= 15 is 0 Å². The van der Waals surface area contributed by atoms with Crippen LogP contribution in [0.2, 0.25) is 0 Å². The lowest BCUT2D eigenvalue weighted by Gasteiger charge is -2.32. The van der Waals surface area contributed by atoms with E-state index < -0.39 is 5.54 Å². The number of carbonyl (C=O) groups excluding carboxylic acids is 1. The summed E-state index contributed by atoms with van der Waals surface area (Å²) in [5, 5.41) is 3.07. The van der Waals surface area contributed by atoms with Crippen LogP contribution < -0.4 is 11.1 Å². The van der Waals surface area contributed by atoms with Crippen LogP contribution in [-0.2, 0) is 14.3 Å². The maximum atomic E-state index is 11.3. The number of rotatable bonds is 7. The fourth-order valence-electron chi connectivity index (χ4n) is 1.13. The highest BCUT2D eigenvalue weighted by Gasteiger charge is 2.34. The summed E-state index contributed by atoms with van der Waals surface area (Å²) in [6, 6.07) is 0. The summed E-state index contributed by atoms with van der Waals surface area (Å²) in [6.07, 6.45) is -0.373. The van der Waals surface area contributed by atoms with Crippen LogP contribution >= 0.6 is 0 Å². The van der Waals surface area contributed by atoms with Gasteiger partial charge in [-0.05, 0) is 12.8 Å². The zero-order valence-corrected chi connectivity index (χ0v) is 10.2. The van der Waals surface area contributed by atoms with Gasteiger partial charge in [-0.25, -0.2) is 0 Å². The van der Waals surface area contributed by atoms with Crippen molar-refractivity contribution in [3.8, 4) is 0 Å². The molecule has 0 saturated carbocycles. The van der Waals surface area contributed by atoms with E-state index in [2.05, 4.69) is 5.32 Å². The van der Waals surface area contributed by atoms with Crippen molar-refractivity contribution in [1.82, 2.24) is 5.32 Å². The standard InChI is InChI=1S/C10H22N2O3/c1-7(2)10(3,9(11)13)12-6-8(14-4)15-5/h7-8,12H,6H2,1-5H3,(H2,11,13). The van der Waals surface area contributed by atoms with Crippen molar-refractivity contribution in [2.45, 2.75) is 32.6 Å². The molecule has 5 nitrogen and oxygen atoms in total. The van der Waals surface area contributed by atoms with Crippen LogP contribution in [0.3, 0.4) is 0 Å². The second-order valence-corrected chi connectivity index (χ2v) is 4.00.